The van der Waals surface area contributed by atoms with Gasteiger partial charge in [0.05, 0.1) is 24.3 Å². The molecule has 0 fully saturated rings. The highest BCUT2D eigenvalue weighted by Crippen LogP contribution is 2.35. The number of fused-ring (bicyclic) bond motifs is 1. The summed E-state index contributed by atoms with van der Waals surface area (Å²) in [4.78, 5) is 37.7. The first kappa shape index (κ1) is 14.4. The number of hydrogen-bond donors (Lipinski definition) is 1. The Hall–Kier alpha value is -1.51. The second kappa shape index (κ2) is 5.04. The molecule has 0 atom stereocenters. The highest BCUT2D eigenvalue weighted by Gasteiger charge is 2.42. The molecule has 0 aliphatic carbocycles. The summed E-state index contributed by atoms with van der Waals surface area (Å²) in [5.41, 5.74) is 6.41. The number of imide groups is 3. The van der Waals surface area contributed by atoms with Gasteiger partial charge in [-0.2, -0.15) is 0 Å². The van der Waals surface area contributed by atoms with Crippen molar-refractivity contribution < 1.29 is 14.4 Å². The van der Waals surface area contributed by atoms with Crippen LogP contribution in [-0.2, 0) is 0 Å². The summed E-state index contributed by atoms with van der Waals surface area (Å²) in [5.74, 6) is -2.01. The van der Waals surface area contributed by atoms with Crippen LogP contribution in [0.5, 0.6) is 0 Å². The molecule has 0 spiro atoms. The maximum atomic E-state index is 12.5. The Morgan fingerprint density at radius 2 is 1.90 bits per heavy atom. The van der Waals surface area contributed by atoms with E-state index in [4.69, 9.17) is 5.73 Å². The first-order chi connectivity index (χ1) is 9.91. The zero-order valence-electron chi connectivity index (χ0n) is 10.2. The molecule has 0 saturated carbocycles. The van der Waals surface area contributed by atoms with Gasteiger partial charge in [0.15, 0.2) is 0 Å². The Kier molecular flexibility index (Phi) is 3.46. The molecule has 3 amide bonds. The summed E-state index contributed by atoms with van der Waals surface area (Å²) in [6.45, 7) is 0. The SMILES string of the molecule is Nc1cccc2c1C(=O)N(C(=O)c1cc(Br)sc1Br)C2=O. The fourth-order valence-corrected chi connectivity index (χ4v) is 4.88. The maximum absolute atomic E-state index is 12.5. The Morgan fingerprint density at radius 1 is 1.19 bits per heavy atom. The first-order valence-electron chi connectivity index (χ1n) is 5.68. The van der Waals surface area contributed by atoms with Crippen molar-refractivity contribution in [2.45, 2.75) is 0 Å². The summed E-state index contributed by atoms with van der Waals surface area (Å²) < 4.78 is 1.26. The molecule has 2 aromatic rings. The number of halogens is 2. The smallest absolute Gasteiger partial charge is 0.270 e. The predicted molar refractivity (Wildman–Crippen MR) is 85.4 cm³/mol. The third kappa shape index (κ3) is 2.14. The molecule has 3 rings (SSSR count). The van der Waals surface area contributed by atoms with E-state index in [-0.39, 0.29) is 22.4 Å². The molecule has 106 valence electrons. The predicted octanol–water partition coefficient (Wildman–Crippen LogP) is 3.29. The fraction of sp³-hybridized carbons (Fsp3) is 0. The van der Waals surface area contributed by atoms with Crippen LogP contribution < -0.4 is 5.73 Å². The van der Waals surface area contributed by atoms with Gasteiger partial charge in [-0.15, -0.1) is 11.3 Å². The Labute approximate surface area is 140 Å². The van der Waals surface area contributed by atoms with Gasteiger partial charge in [0.25, 0.3) is 17.7 Å². The van der Waals surface area contributed by atoms with Crippen LogP contribution >= 0.6 is 43.2 Å². The molecule has 8 heteroatoms. The van der Waals surface area contributed by atoms with Crippen molar-refractivity contribution in [1.82, 2.24) is 4.90 Å². The molecule has 0 radical (unpaired) electrons. The minimum Gasteiger partial charge on any atom is -0.398 e. The van der Waals surface area contributed by atoms with Gasteiger partial charge in [0.1, 0.15) is 0 Å². The number of benzene rings is 1. The van der Waals surface area contributed by atoms with Gasteiger partial charge >= 0.3 is 0 Å². The van der Waals surface area contributed by atoms with E-state index in [9.17, 15) is 14.4 Å². The van der Waals surface area contributed by atoms with E-state index < -0.39 is 17.7 Å². The van der Waals surface area contributed by atoms with Crippen LogP contribution in [0.3, 0.4) is 0 Å². The largest absolute Gasteiger partial charge is 0.398 e. The van der Waals surface area contributed by atoms with Gasteiger partial charge in [0.2, 0.25) is 0 Å². The molecular formula is C13H6Br2N2O3S. The van der Waals surface area contributed by atoms with Gasteiger partial charge in [-0.05, 0) is 50.1 Å². The first-order valence-corrected chi connectivity index (χ1v) is 8.08. The lowest BCUT2D eigenvalue weighted by Gasteiger charge is -2.11. The third-order valence-electron chi connectivity index (χ3n) is 3.04. The monoisotopic (exact) mass is 428 g/mol. The molecule has 21 heavy (non-hydrogen) atoms. The molecular weight excluding hydrogens is 424 g/mol. The number of nitrogens with two attached hydrogens (primary N) is 1. The van der Waals surface area contributed by atoms with E-state index in [0.717, 1.165) is 0 Å². The Balaban J connectivity index is 2.08. The van der Waals surface area contributed by atoms with Gasteiger partial charge < -0.3 is 5.73 Å². The Morgan fingerprint density at radius 3 is 2.48 bits per heavy atom. The van der Waals surface area contributed by atoms with Crippen molar-refractivity contribution in [3.8, 4) is 0 Å². The normalized spacial score (nSPS) is 13.7. The minimum atomic E-state index is -0.688. The number of nitrogen functional groups attached to an aromatic ring is 1. The molecule has 2 N–H and O–H groups in total. The van der Waals surface area contributed by atoms with Crippen LogP contribution in [-0.4, -0.2) is 22.6 Å². The average Bonchev–Trinajstić information content (AvgIpc) is 2.88. The minimum absolute atomic E-state index is 0.0845. The zero-order valence-corrected chi connectivity index (χ0v) is 14.2. The van der Waals surface area contributed by atoms with E-state index >= 15 is 0 Å². The summed E-state index contributed by atoms with van der Waals surface area (Å²) in [6, 6.07) is 6.14. The molecule has 2 heterocycles. The fourth-order valence-electron chi connectivity index (χ4n) is 2.10. The zero-order chi connectivity index (χ0) is 15.3. The second-order valence-electron chi connectivity index (χ2n) is 4.26. The van der Waals surface area contributed by atoms with E-state index in [1.807, 2.05) is 0 Å². The summed E-state index contributed by atoms with van der Waals surface area (Å²) in [5, 5.41) is 0. The number of thiophene rings is 1. The molecule has 0 saturated heterocycles. The van der Waals surface area contributed by atoms with Crippen LogP contribution in [0.25, 0.3) is 0 Å². The standard InChI is InChI=1S/C13H6Br2N2O3S/c14-8-4-6(10(15)21-8)12(19)17-11(18)5-2-1-3-7(16)9(5)13(17)20/h1-4H,16H2. The molecule has 1 aromatic carbocycles. The lowest BCUT2D eigenvalue weighted by atomic mass is 10.1. The van der Waals surface area contributed by atoms with Gasteiger partial charge in [-0.3, -0.25) is 14.4 Å². The topological polar surface area (TPSA) is 80.5 Å². The average molecular weight is 430 g/mol. The van der Waals surface area contributed by atoms with Gasteiger partial charge in [0, 0.05) is 5.69 Å². The number of hydrogen-bond acceptors (Lipinski definition) is 5. The lowest BCUT2D eigenvalue weighted by Crippen LogP contribution is -2.36. The number of rotatable bonds is 1. The van der Waals surface area contributed by atoms with Crippen molar-refractivity contribution in [3.05, 3.63) is 48.5 Å². The second-order valence-corrected chi connectivity index (χ2v) is 8.01. The quantitative estimate of drug-likeness (QED) is 0.557. The van der Waals surface area contributed by atoms with Crippen molar-refractivity contribution in [1.29, 1.82) is 0 Å². The van der Waals surface area contributed by atoms with Gasteiger partial charge in [-0.1, -0.05) is 6.07 Å². The molecule has 0 bridgehead atoms. The van der Waals surface area contributed by atoms with Crippen LogP contribution in [0.1, 0.15) is 31.1 Å². The number of anilines is 1. The Bertz CT molecular complexity index is 816. The van der Waals surface area contributed by atoms with E-state index in [2.05, 4.69) is 31.9 Å². The van der Waals surface area contributed by atoms with Crippen molar-refractivity contribution in [3.63, 3.8) is 0 Å². The van der Waals surface area contributed by atoms with E-state index in [0.29, 0.717) is 12.5 Å². The van der Waals surface area contributed by atoms with Crippen LogP contribution in [0.2, 0.25) is 0 Å². The number of carbonyl (C=O) groups excluding carboxylic acids is 3. The van der Waals surface area contributed by atoms with E-state index in [1.54, 1.807) is 12.1 Å². The third-order valence-corrected chi connectivity index (χ3v) is 5.38. The molecule has 0 unspecified atom stereocenters. The van der Waals surface area contributed by atoms with Crippen LogP contribution in [0.4, 0.5) is 5.69 Å². The lowest BCUT2D eigenvalue weighted by molar-refractivity contribution is 0.0566. The number of carbonyl (C=O) groups is 3. The van der Waals surface area contributed by atoms with Crippen molar-refractivity contribution in [2.24, 2.45) is 0 Å². The van der Waals surface area contributed by atoms with E-state index in [1.165, 1.54) is 23.5 Å². The molecule has 1 aliphatic heterocycles. The molecule has 1 aromatic heterocycles. The van der Waals surface area contributed by atoms with Crippen LogP contribution in [0, 0.1) is 0 Å². The summed E-state index contributed by atoms with van der Waals surface area (Å²) >= 11 is 7.79. The number of amides is 3. The highest BCUT2D eigenvalue weighted by molar-refractivity contribution is 9.12. The molecule has 1 aliphatic rings. The van der Waals surface area contributed by atoms with Crippen molar-refractivity contribution >= 4 is 66.6 Å². The maximum Gasteiger partial charge on any atom is 0.270 e. The van der Waals surface area contributed by atoms with Gasteiger partial charge in [-0.25, -0.2) is 4.90 Å². The number of nitrogens with zero attached hydrogens (tertiary/aromatic N) is 1. The summed E-state index contributed by atoms with van der Waals surface area (Å²) in [6.07, 6.45) is 0. The summed E-state index contributed by atoms with van der Waals surface area (Å²) in [7, 11) is 0. The highest BCUT2D eigenvalue weighted by atomic mass is 79.9. The molecule has 5 nitrogen and oxygen atoms in total. The van der Waals surface area contributed by atoms with Crippen LogP contribution in [0.15, 0.2) is 31.8 Å². The van der Waals surface area contributed by atoms with Crippen molar-refractivity contribution in [2.75, 3.05) is 5.73 Å².